The van der Waals surface area contributed by atoms with Crippen LogP contribution in [-0.4, -0.2) is 30.9 Å². The molecule has 3 heteroatoms. The fourth-order valence-corrected chi connectivity index (χ4v) is 2.68. The van der Waals surface area contributed by atoms with Crippen LogP contribution in [0.4, 0.5) is 0 Å². The molecule has 0 amide bonds. The van der Waals surface area contributed by atoms with E-state index in [4.69, 9.17) is 4.74 Å². The van der Waals surface area contributed by atoms with Crippen LogP contribution in [0.5, 0.6) is 5.75 Å². The molecule has 21 heavy (non-hydrogen) atoms. The van der Waals surface area contributed by atoms with Crippen molar-refractivity contribution < 1.29 is 9.84 Å². The molecule has 1 aliphatic carbocycles. The molecule has 0 aliphatic heterocycles. The number of aryl methyl sites for hydroxylation is 1. The molecule has 1 aliphatic rings. The summed E-state index contributed by atoms with van der Waals surface area (Å²) in [4.78, 5) is 0. The lowest BCUT2D eigenvalue weighted by molar-refractivity contribution is 0.104. The number of hydrogen-bond donors (Lipinski definition) is 2. The molecule has 1 aromatic carbocycles. The molecular formula is C18H29NO2. The Labute approximate surface area is 128 Å². The van der Waals surface area contributed by atoms with Gasteiger partial charge in [0.15, 0.2) is 0 Å². The Kier molecular flexibility index (Phi) is 5.65. The lowest BCUT2D eigenvalue weighted by Crippen LogP contribution is -2.36. The fraction of sp³-hybridized carbons (Fsp3) is 0.667. The second-order valence-corrected chi connectivity index (χ2v) is 6.61. The van der Waals surface area contributed by atoms with Crippen molar-refractivity contribution in [3.8, 4) is 5.75 Å². The van der Waals surface area contributed by atoms with E-state index in [2.05, 4.69) is 38.2 Å². The Morgan fingerprint density at radius 2 is 1.90 bits per heavy atom. The quantitative estimate of drug-likeness (QED) is 0.735. The third-order valence-electron chi connectivity index (χ3n) is 4.75. The zero-order valence-electron chi connectivity index (χ0n) is 13.6. The molecule has 2 rings (SSSR count). The second-order valence-electron chi connectivity index (χ2n) is 6.61. The molecule has 118 valence electrons. The Balaban J connectivity index is 1.64. The standard InChI is InChI=1S/C18H29NO2/c1-4-15-5-7-17(8-6-15)21-12-16(20)11-19-13-18(9-10-18)14(2)3/h5-8,14,16,19-20H,4,9-13H2,1-3H3. The zero-order valence-corrected chi connectivity index (χ0v) is 13.6. The van der Waals surface area contributed by atoms with E-state index in [1.807, 2.05) is 12.1 Å². The van der Waals surface area contributed by atoms with E-state index < -0.39 is 6.10 Å². The predicted molar refractivity (Wildman–Crippen MR) is 86.7 cm³/mol. The number of ether oxygens (including phenoxy) is 1. The molecule has 1 fully saturated rings. The van der Waals surface area contributed by atoms with Crippen molar-refractivity contribution in [1.82, 2.24) is 5.32 Å². The molecule has 0 bridgehead atoms. The van der Waals surface area contributed by atoms with E-state index in [-0.39, 0.29) is 0 Å². The first-order chi connectivity index (χ1) is 10.1. The number of benzene rings is 1. The van der Waals surface area contributed by atoms with Gasteiger partial charge >= 0.3 is 0 Å². The van der Waals surface area contributed by atoms with Gasteiger partial charge in [-0.15, -0.1) is 0 Å². The molecular weight excluding hydrogens is 262 g/mol. The van der Waals surface area contributed by atoms with Crippen molar-refractivity contribution in [2.24, 2.45) is 11.3 Å². The fourth-order valence-electron chi connectivity index (χ4n) is 2.68. The van der Waals surface area contributed by atoms with E-state index >= 15 is 0 Å². The van der Waals surface area contributed by atoms with Gasteiger partial charge in [0.2, 0.25) is 0 Å². The van der Waals surface area contributed by atoms with Gasteiger partial charge in [0.1, 0.15) is 18.5 Å². The first-order valence-electron chi connectivity index (χ1n) is 8.16. The summed E-state index contributed by atoms with van der Waals surface area (Å²) in [5.74, 6) is 1.54. The molecule has 1 unspecified atom stereocenters. The largest absolute Gasteiger partial charge is 0.491 e. The van der Waals surface area contributed by atoms with Crippen LogP contribution < -0.4 is 10.1 Å². The van der Waals surface area contributed by atoms with Crippen LogP contribution in [0, 0.1) is 11.3 Å². The van der Waals surface area contributed by atoms with Crippen molar-refractivity contribution in [3.63, 3.8) is 0 Å². The first kappa shape index (κ1) is 16.3. The van der Waals surface area contributed by atoms with Crippen LogP contribution in [0.2, 0.25) is 0 Å². The Bertz CT molecular complexity index is 423. The summed E-state index contributed by atoms with van der Waals surface area (Å²) >= 11 is 0. The van der Waals surface area contributed by atoms with E-state index in [0.29, 0.717) is 18.6 Å². The molecule has 1 atom stereocenters. The van der Waals surface area contributed by atoms with Gasteiger partial charge in [-0.2, -0.15) is 0 Å². The van der Waals surface area contributed by atoms with E-state index in [9.17, 15) is 5.11 Å². The van der Waals surface area contributed by atoms with E-state index in [1.54, 1.807) is 0 Å². The molecule has 3 nitrogen and oxygen atoms in total. The van der Waals surface area contributed by atoms with Crippen LogP contribution >= 0.6 is 0 Å². The summed E-state index contributed by atoms with van der Waals surface area (Å²) in [7, 11) is 0. The average Bonchev–Trinajstić information content (AvgIpc) is 3.27. The number of nitrogens with one attached hydrogen (secondary N) is 1. The summed E-state index contributed by atoms with van der Waals surface area (Å²) in [6.07, 6.45) is 3.20. The smallest absolute Gasteiger partial charge is 0.119 e. The molecule has 0 heterocycles. The predicted octanol–water partition coefficient (Wildman–Crippen LogP) is 3.01. The highest BCUT2D eigenvalue weighted by Crippen LogP contribution is 2.51. The maximum atomic E-state index is 9.98. The van der Waals surface area contributed by atoms with Crippen molar-refractivity contribution in [1.29, 1.82) is 0 Å². The molecule has 0 radical (unpaired) electrons. The van der Waals surface area contributed by atoms with E-state index in [0.717, 1.165) is 24.6 Å². The van der Waals surface area contributed by atoms with Crippen LogP contribution in [0.1, 0.15) is 39.2 Å². The summed E-state index contributed by atoms with van der Waals surface area (Å²) in [5.41, 5.74) is 1.78. The van der Waals surface area contributed by atoms with Crippen molar-refractivity contribution in [2.75, 3.05) is 19.7 Å². The molecule has 1 saturated carbocycles. The zero-order chi connectivity index (χ0) is 15.3. The highest BCUT2D eigenvalue weighted by Gasteiger charge is 2.44. The topological polar surface area (TPSA) is 41.5 Å². The van der Waals surface area contributed by atoms with Gasteiger partial charge in [0, 0.05) is 13.1 Å². The maximum Gasteiger partial charge on any atom is 0.119 e. The summed E-state index contributed by atoms with van der Waals surface area (Å²) in [5, 5.41) is 13.4. The average molecular weight is 291 g/mol. The van der Waals surface area contributed by atoms with Crippen LogP contribution in [0.25, 0.3) is 0 Å². The third-order valence-corrected chi connectivity index (χ3v) is 4.75. The third kappa shape index (κ3) is 4.72. The first-order valence-corrected chi connectivity index (χ1v) is 8.16. The SMILES string of the molecule is CCc1ccc(OCC(O)CNCC2(C(C)C)CC2)cc1. The van der Waals surface area contributed by atoms with Crippen molar-refractivity contribution >= 4 is 0 Å². The lowest BCUT2D eigenvalue weighted by Gasteiger charge is -2.21. The Hall–Kier alpha value is -1.06. The highest BCUT2D eigenvalue weighted by atomic mass is 16.5. The monoisotopic (exact) mass is 291 g/mol. The van der Waals surface area contributed by atoms with Crippen LogP contribution in [-0.2, 0) is 6.42 Å². The normalized spacial score (nSPS) is 17.8. The summed E-state index contributed by atoms with van der Waals surface area (Å²) < 4.78 is 5.62. The molecule has 1 aromatic rings. The Morgan fingerprint density at radius 3 is 2.43 bits per heavy atom. The molecule has 2 N–H and O–H groups in total. The van der Waals surface area contributed by atoms with Gasteiger partial charge in [-0.3, -0.25) is 0 Å². The van der Waals surface area contributed by atoms with E-state index in [1.165, 1.54) is 18.4 Å². The highest BCUT2D eigenvalue weighted by molar-refractivity contribution is 5.27. The van der Waals surface area contributed by atoms with Crippen LogP contribution in [0.15, 0.2) is 24.3 Å². The second kappa shape index (κ2) is 7.28. The maximum absolute atomic E-state index is 9.98. The number of aliphatic hydroxyl groups excluding tert-OH is 1. The lowest BCUT2D eigenvalue weighted by atomic mass is 9.92. The number of aliphatic hydroxyl groups is 1. The molecule has 0 aromatic heterocycles. The van der Waals surface area contributed by atoms with Gasteiger partial charge in [0.05, 0.1) is 0 Å². The summed E-state index contributed by atoms with van der Waals surface area (Å²) in [6, 6.07) is 8.08. The van der Waals surface area contributed by atoms with Gasteiger partial charge in [-0.05, 0) is 48.3 Å². The van der Waals surface area contributed by atoms with Crippen molar-refractivity contribution in [2.45, 2.75) is 46.1 Å². The Morgan fingerprint density at radius 1 is 1.24 bits per heavy atom. The van der Waals surface area contributed by atoms with Gasteiger partial charge < -0.3 is 15.2 Å². The van der Waals surface area contributed by atoms with Crippen molar-refractivity contribution in [3.05, 3.63) is 29.8 Å². The minimum atomic E-state index is -0.459. The minimum Gasteiger partial charge on any atom is -0.491 e. The minimum absolute atomic E-state index is 0.340. The molecule has 0 saturated heterocycles. The molecule has 0 spiro atoms. The number of rotatable bonds is 9. The van der Waals surface area contributed by atoms with Crippen LogP contribution in [0.3, 0.4) is 0 Å². The van der Waals surface area contributed by atoms with Gasteiger partial charge in [0.25, 0.3) is 0 Å². The number of hydrogen-bond acceptors (Lipinski definition) is 3. The summed E-state index contributed by atoms with van der Waals surface area (Å²) in [6.45, 7) is 8.65. The van der Waals surface area contributed by atoms with Gasteiger partial charge in [-0.1, -0.05) is 32.9 Å². The van der Waals surface area contributed by atoms with Gasteiger partial charge in [-0.25, -0.2) is 0 Å².